The first kappa shape index (κ1) is 13.6. The van der Waals surface area contributed by atoms with Gasteiger partial charge < -0.3 is 15.4 Å². The maximum absolute atomic E-state index is 11.3. The number of hydrogen-bond acceptors (Lipinski definition) is 4. The van der Waals surface area contributed by atoms with Gasteiger partial charge in [0.15, 0.2) is 0 Å². The normalized spacial score (nSPS) is 10.2. The zero-order valence-electron chi connectivity index (χ0n) is 10.1. The van der Waals surface area contributed by atoms with E-state index in [4.69, 9.17) is 4.74 Å². The maximum atomic E-state index is 11.3. The van der Waals surface area contributed by atoms with E-state index in [0.717, 1.165) is 13.0 Å². The summed E-state index contributed by atoms with van der Waals surface area (Å²) in [5.74, 6) is -0.00626. The molecule has 0 aromatic carbocycles. The van der Waals surface area contributed by atoms with E-state index >= 15 is 0 Å². The fourth-order valence-electron chi connectivity index (χ4n) is 1.34. The minimum atomic E-state index is -0.00626. The van der Waals surface area contributed by atoms with Gasteiger partial charge in [-0.05, 0) is 24.6 Å². The number of pyridine rings is 1. The molecule has 0 radical (unpaired) electrons. The van der Waals surface area contributed by atoms with Crippen LogP contribution in [0.15, 0.2) is 24.5 Å². The van der Waals surface area contributed by atoms with Gasteiger partial charge in [0.2, 0.25) is 5.91 Å². The van der Waals surface area contributed by atoms with Gasteiger partial charge in [-0.15, -0.1) is 0 Å². The SMILES string of the molecule is COCCNC(=O)CNCCc1cccnc1. The molecule has 0 saturated carbocycles. The number of hydrogen-bond donors (Lipinski definition) is 2. The minimum Gasteiger partial charge on any atom is -0.383 e. The number of amides is 1. The average molecular weight is 237 g/mol. The highest BCUT2D eigenvalue weighted by Gasteiger charge is 1.99. The molecule has 5 heteroatoms. The number of nitrogens with one attached hydrogen (secondary N) is 2. The highest BCUT2D eigenvalue weighted by Crippen LogP contribution is 1.94. The van der Waals surface area contributed by atoms with Crippen molar-refractivity contribution in [3.8, 4) is 0 Å². The zero-order chi connectivity index (χ0) is 12.3. The number of carbonyl (C=O) groups excluding carboxylic acids is 1. The van der Waals surface area contributed by atoms with Crippen LogP contribution in [0.2, 0.25) is 0 Å². The smallest absolute Gasteiger partial charge is 0.234 e. The molecule has 17 heavy (non-hydrogen) atoms. The lowest BCUT2D eigenvalue weighted by Crippen LogP contribution is -2.36. The summed E-state index contributed by atoms with van der Waals surface area (Å²) in [6.45, 7) is 2.20. The van der Waals surface area contributed by atoms with Crippen molar-refractivity contribution < 1.29 is 9.53 Å². The summed E-state index contributed by atoms with van der Waals surface area (Å²) in [7, 11) is 1.61. The molecule has 0 aliphatic rings. The second kappa shape index (κ2) is 8.66. The van der Waals surface area contributed by atoms with Crippen molar-refractivity contribution in [1.29, 1.82) is 0 Å². The lowest BCUT2D eigenvalue weighted by molar-refractivity contribution is -0.120. The molecule has 0 aliphatic heterocycles. The second-order valence-electron chi connectivity index (χ2n) is 3.63. The number of ether oxygens (including phenoxy) is 1. The monoisotopic (exact) mass is 237 g/mol. The quantitative estimate of drug-likeness (QED) is 0.624. The first-order valence-electron chi connectivity index (χ1n) is 5.68. The molecular weight excluding hydrogens is 218 g/mol. The molecule has 0 unspecified atom stereocenters. The van der Waals surface area contributed by atoms with Crippen molar-refractivity contribution in [3.05, 3.63) is 30.1 Å². The van der Waals surface area contributed by atoms with Gasteiger partial charge in [0.1, 0.15) is 0 Å². The molecule has 2 N–H and O–H groups in total. The van der Waals surface area contributed by atoms with E-state index in [1.165, 1.54) is 5.56 Å². The van der Waals surface area contributed by atoms with Gasteiger partial charge >= 0.3 is 0 Å². The van der Waals surface area contributed by atoms with Crippen molar-refractivity contribution in [3.63, 3.8) is 0 Å². The van der Waals surface area contributed by atoms with Crippen LogP contribution < -0.4 is 10.6 Å². The van der Waals surface area contributed by atoms with Gasteiger partial charge in [0.25, 0.3) is 0 Å². The van der Waals surface area contributed by atoms with Crippen LogP contribution in [0.5, 0.6) is 0 Å². The maximum Gasteiger partial charge on any atom is 0.234 e. The first-order valence-corrected chi connectivity index (χ1v) is 5.68. The van der Waals surface area contributed by atoms with E-state index < -0.39 is 0 Å². The Kier molecular flexibility index (Phi) is 6.93. The fourth-order valence-corrected chi connectivity index (χ4v) is 1.34. The predicted molar refractivity (Wildman–Crippen MR) is 65.7 cm³/mol. The number of rotatable bonds is 8. The third-order valence-electron chi connectivity index (χ3n) is 2.23. The van der Waals surface area contributed by atoms with Crippen molar-refractivity contribution in [2.24, 2.45) is 0 Å². The molecule has 5 nitrogen and oxygen atoms in total. The average Bonchev–Trinajstić information content (AvgIpc) is 2.36. The summed E-state index contributed by atoms with van der Waals surface area (Å²) in [5.41, 5.74) is 1.17. The molecule has 1 amide bonds. The van der Waals surface area contributed by atoms with E-state index in [1.54, 1.807) is 13.3 Å². The second-order valence-corrected chi connectivity index (χ2v) is 3.63. The molecule has 0 bridgehead atoms. The molecular formula is C12H19N3O2. The third kappa shape index (κ3) is 6.65. The molecule has 94 valence electrons. The van der Waals surface area contributed by atoms with Crippen LogP contribution in [0.3, 0.4) is 0 Å². The molecule has 1 rings (SSSR count). The lowest BCUT2D eigenvalue weighted by atomic mass is 10.2. The first-order chi connectivity index (χ1) is 8.33. The highest BCUT2D eigenvalue weighted by atomic mass is 16.5. The summed E-state index contributed by atoms with van der Waals surface area (Å²) in [6.07, 6.45) is 4.46. The van der Waals surface area contributed by atoms with Crippen molar-refractivity contribution in [2.75, 3.05) is 33.4 Å². The van der Waals surface area contributed by atoms with E-state index in [0.29, 0.717) is 19.7 Å². The predicted octanol–water partition coefficient (Wildman–Crippen LogP) is -0.0237. The largest absolute Gasteiger partial charge is 0.383 e. The van der Waals surface area contributed by atoms with Crippen molar-refractivity contribution in [2.45, 2.75) is 6.42 Å². The van der Waals surface area contributed by atoms with Gasteiger partial charge in [-0.25, -0.2) is 0 Å². The Bertz CT molecular complexity index is 317. The van der Waals surface area contributed by atoms with Gasteiger partial charge in [0, 0.05) is 26.0 Å². The summed E-state index contributed by atoms with van der Waals surface area (Å²) in [5, 5.41) is 5.82. The van der Waals surface area contributed by atoms with Crippen molar-refractivity contribution in [1.82, 2.24) is 15.6 Å². The summed E-state index contributed by atoms with van der Waals surface area (Å²) in [4.78, 5) is 15.3. The van der Waals surface area contributed by atoms with Crippen LogP contribution in [-0.2, 0) is 16.0 Å². The Morgan fingerprint density at radius 1 is 1.47 bits per heavy atom. The minimum absolute atomic E-state index is 0.00626. The molecule has 0 spiro atoms. The Labute approximate surface area is 102 Å². The molecule has 0 atom stereocenters. The van der Waals surface area contributed by atoms with E-state index in [1.807, 2.05) is 18.3 Å². The third-order valence-corrected chi connectivity index (χ3v) is 2.23. The summed E-state index contributed by atoms with van der Waals surface area (Å²) in [6, 6.07) is 3.93. The highest BCUT2D eigenvalue weighted by molar-refractivity contribution is 5.77. The van der Waals surface area contributed by atoms with E-state index in [9.17, 15) is 4.79 Å². The standard InChI is InChI=1S/C12H19N3O2/c1-17-8-7-15-12(16)10-14-6-4-11-3-2-5-13-9-11/h2-3,5,9,14H,4,6-8,10H2,1H3,(H,15,16). The number of aromatic nitrogens is 1. The van der Waals surface area contributed by atoms with Gasteiger partial charge in [0.05, 0.1) is 13.2 Å². The lowest BCUT2D eigenvalue weighted by Gasteiger charge is -2.06. The number of methoxy groups -OCH3 is 1. The number of carbonyl (C=O) groups is 1. The molecule has 1 aromatic rings. The van der Waals surface area contributed by atoms with Crippen molar-refractivity contribution >= 4 is 5.91 Å². The van der Waals surface area contributed by atoms with Gasteiger partial charge in [-0.3, -0.25) is 9.78 Å². The Morgan fingerprint density at radius 2 is 2.35 bits per heavy atom. The molecule has 0 fully saturated rings. The van der Waals surface area contributed by atoms with Crippen LogP contribution in [0.25, 0.3) is 0 Å². The fraction of sp³-hybridized carbons (Fsp3) is 0.500. The van der Waals surface area contributed by atoms with Crippen LogP contribution in [0.4, 0.5) is 0 Å². The van der Waals surface area contributed by atoms with E-state index in [2.05, 4.69) is 15.6 Å². The van der Waals surface area contributed by atoms with Crippen LogP contribution >= 0.6 is 0 Å². The summed E-state index contributed by atoms with van der Waals surface area (Å²) >= 11 is 0. The van der Waals surface area contributed by atoms with Crippen LogP contribution in [-0.4, -0.2) is 44.2 Å². The summed E-state index contributed by atoms with van der Waals surface area (Å²) < 4.78 is 4.83. The van der Waals surface area contributed by atoms with Crippen LogP contribution in [0, 0.1) is 0 Å². The molecule has 1 heterocycles. The van der Waals surface area contributed by atoms with Gasteiger partial charge in [-0.2, -0.15) is 0 Å². The van der Waals surface area contributed by atoms with Crippen LogP contribution in [0.1, 0.15) is 5.56 Å². The topological polar surface area (TPSA) is 63.2 Å². The van der Waals surface area contributed by atoms with E-state index in [-0.39, 0.29) is 5.91 Å². The Hall–Kier alpha value is -1.46. The Balaban J connectivity index is 2.02. The molecule has 0 saturated heterocycles. The number of nitrogens with zero attached hydrogens (tertiary/aromatic N) is 1. The molecule has 1 aromatic heterocycles. The van der Waals surface area contributed by atoms with Gasteiger partial charge in [-0.1, -0.05) is 6.07 Å². The zero-order valence-corrected chi connectivity index (χ0v) is 10.1. The molecule has 0 aliphatic carbocycles. The Morgan fingerprint density at radius 3 is 3.06 bits per heavy atom.